The molecule has 204 valence electrons. The Balaban J connectivity index is 1.65. The number of anilines is 1. The van der Waals surface area contributed by atoms with E-state index < -0.39 is 33.5 Å². The number of hydrogen-bond acceptors (Lipinski definition) is 6. The summed E-state index contributed by atoms with van der Waals surface area (Å²) in [6.45, 7) is 9.48. The van der Waals surface area contributed by atoms with E-state index in [0.717, 1.165) is 16.8 Å². The number of sulfone groups is 1. The number of thioether (sulfide) groups is 1. The summed E-state index contributed by atoms with van der Waals surface area (Å²) >= 11 is 1.31. The Bertz CT molecular complexity index is 1300. The lowest BCUT2D eigenvalue weighted by Gasteiger charge is -2.26. The maximum atomic E-state index is 13.6. The number of hydrogen-bond donors (Lipinski definition) is 1. The molecule has 0 saturated carbocycles. The number of amides is 2. The summed E-state index contributed by atoms with van der Waals surface area (Å²) in [5.41, 5.74) is 2.10. The molecule has 2 aliphatic rings. The van der Waals surface area contributed by atoms with Crippen LogP contribution in [0.2, 0.25) is 0 Å². The van der Waals surface area contributed by atoms with Crippen molar-refractivity contribution < 1.29 is 22.7 Å². The third kappa shape index (κ3) is 6.96. The van der Waals surface area contributed by atoms with Gasteiger partial charge in [-0.3, -0.25) is 4.79 Å². The van der Waals surface area contributed by atoms with Crippen LogP contribution in [0.1, 0.15) is 51.7 Å². The van der Waals surface area contributed by atoms with Crippen LogP contribution in [0, 0.1) is 0 Å². The van der Waals surface area contributed by atoms with Crippen molar-refractivity contribution in [3.8, 4) is 0 Å². The predicted octanol–water partition coefficient (Wildman–Crippen LogP) is 4.55. The average molecular weight is 558 g/mol. The van der Waals surface area contributed by atoms with Gasteiger partial charge in [-0.2, -0.15) is 4.99 Å². The number of alkyl carbamates (subject to hydrolysis) is 1. The second-order valence-electron chi connectivity index (χ2n) is 11.0. The molecule has 2 fully saturated rings. The van der Waals surface area contributed by atoms with Crippen LogP contribution >= 0.6 is 11.8 Å². The molecule has 1 N–H and O–H groups in total. The highest BCUT2D eigenvalue weighted by Gasteiger charge is 2.49. The van der Waals surface area contributed by atoms with Crippen molar-refractivity contribution in [2.45, 2.75) is 69.9 Å². The minimum absolute atomic E-state index is 0.00735. The third-order valence-corrected chi connectivity index (χ3v) is 9.59. The number of fused-ring (bicyclic) bond motifs is 1. The van der Waals surface area contributed by atoms with Crippen molar-refractivity contribution in [1.29, 1.82) is 0 Å². The molecule has 0 unspecified atom stereocenters. The summed E-state index contributed by atoms with van der Waals surface area (Å²) in [6, 6.07) is 16.0. The summed E-state index contributed by atoms with van der Waals surface area (Å²) in [5.74, 6) is -0.120. The van der Waals surface area contributed by atoms with Crippen LogP contribution in [0.25, 0.3) is 0 Å². The molecule has 2 aromatic rings. The van der Waals surface area contributed by atoms with Crippen LogP contribution < -0.4 is 10.2 Å². The van der Waals surface area contributed by atoms with E-state index in [4.69, 9.17) is 4.74 Å². The molecule has 0 radical (unpaired) electrons. The molecule has 0 aliphatic carbocycles. The highest BCUT2D eigenvalue weighted by Crippen LogP contribution is 2.41. The lowest BCUT2D eigenvalue weighted by molar-refractivity contribution is -0.119. The van der Waals surface area contributed by atoms with Crippen LogP contribution in [0.15, 0.2) is 59.6 Å². The number of amidine groups is 1. The molecule has 0 aromatic heterocycles. The van der Waals surface area contributed by atoms with Crippen LogP contribution in [0.4, 0.5) is 10.5 Å². The molecule has 2 aliphatic heterocycles. The van der Waals surface area contributed by atoms with Crippen LogP contribution in [0.5, 0.6) is 0 Å². The largest absolute Gasteiger partial charge is 0.444 e. The van der Waals surface area contributed by atoms with Crippen molar-refractivity contribution in [1.82, 2.24) is 5.32 Å². The number of rotatable bonds is 6. The molecule has 0 spiro atoms. The fourth-order valence-electron chi connectivity index (χ4n) is 4.56. The lowest BCUT2D eigenvalue weighted by Crippen LogP contribution is -2.45. The van der Waals surface area contributed by atoms with Gasteiger partial charge in [0.2, 0.25) is 0 Å². The Hall–Kier alpha value is -2.85. The van der Waals surface area contributed by atoms with Crippen LogP contribution in [0.3, 0.4) is 0 Å². The van der Waals surface area contributed by atoms with Crippen LogP contribution in [-0.2, 0) is 25.8 Å². The van der Waals surface area contributed by atoms with Gasteiger partial charge in [0.05, 0.1) is 17.5 Å². The molecule has 10 heteroatoms. The van der Waals surface area contributed by atoms with Gasteiger partial charge in [-0.15, -0.1) is 0 Å². The molecule has 2 heterocycles. The van der Waals surface area contributed by atoms with Crippen molar-refractivity contribution in [3.63, 3.8) is 0 Å². The smallest absolute Gasteiger partial charge is 0.408 e. The second kappa shape index (κ2) is 11.1. The van der Waals surface area contributed by atoms with Gasteiger partial charge in [-0.25, -0.2) is 13.2 Å². The minimum atomic E-state index is -3.19. The standard InChI is InChI=1S/C28H35N3O5S2/c1-18(2)20-11-13-21(14-12-20)31-23-16-38(34,35)17-24(23)37-26(31)30-25(32)22(15-19-9-7-6-8-10-19)29-27(33)36-28(3,4)5/h6-14,18,22-24H,15-17H2,1-5H3,(H,29,33)/t22-,23+,24-/m0/s1. The van der Waals surface area contributed by atoms with E-state index in [0.29, 0.717) is 11.1 Å². The quantitative estimate of drug-likeness (QED) is 0.556. The first-order chi connectivity index (χ1) is 17.8. The predicted molar refractivity (Wildman–Crippen MR) is 153 cm³/mol. The summed E-state index contributed by atoms with van der Waals surface area (Å²) in [7, 11) is -3.19. The highest BCUT2D eigenvalue weighted by atomic mass is 32.2. The van der Waals surface area contributed by atoms with Gasteiger partial charge < -0.3 is 15.0 Å². The summed E-state index contributed by atoms with van der Waals surface area (Å²) in [5, 5.41) is 2.92. The van der Waals surface area contributed by atoms with Gasteiger partial charge in [-0.1, -0.05) is 68.1 Å². The fraction of sp³-hybridized carbons (Fsp3) is 0.464. The molecule has 38 heavy (non-hydrogen) atoms. The number of nitrogens with one attached hydrogen (secondary N) is 1. The maximum absolute atomic E-state index is 13.6. The Kier molecular flexibility index (Phi) is 8.23. The first kappa shape index (κ1) is 28.2. The van der Waals surface area contributed by atoms with E-state index in [1.807, 2.05) is 59.5 Å². The maximum Gasteiger partial charge on any atom is 0.408 e. The van der Waals surface area contributed by atoms with E-state index in [2.05, 4.69) is 24.2 Å². The van der Waals surface area contributed by atoms with E-state index in [1.165, 1.54) is 11.8 Å². The zero-order valence-corrected chi connectivity index (χ0v) is 24.0. The van der Waals surface area contributed by atoms with E-state index >= 15 is 0 Å². The Morgan fingerprint density at radius 1 is 1.08 bits per heavy atom. The highest BCUT2D eigenvalue weighted by molar-refractivity contribution is 8.16. The molecule has 2 amide bonds. The molecule has 4 rings (SSSR count). The number of ether oxygens (including phenoxy) is 1. The second-order valence-corrected chi connectivity index (χ2v) is 14.4. The Morgan fingerprint density at radius 2 is 1.74 bits per heavy atom. The van der Waals surface area contributed by atoms with Gasteiger partial charge in [-0.05, 0) is 49.9 Å². The van der Waals surface area contributed by atoms with E-state index in [-0.39, 0.29) is 29.2 Å². The molecule has 3 atom stereocenters. The monoisotopic (exact) mass is 557 g/mol. The Morgan fingerprint density at radius 3 is 2.34 bits per heavy atom. The van der Waals surface area contributed by atoms with E-state index in [1.54, 1.807) is 20.8 Å². The van der Waals surface area contributed by atoms with Gasteiger partial charge in [0, 0.05) is 17.4 Å². The van der Waals surface area contributed by atoms with Crippen molar-refractivity contribution in [2.24, 2.45) is 4.99 Å². The number of benzene rings is 2. The molecular formula is C28H35N3O5S2. The summed E-state index contributed by atoms with van der Waals surface area (Å²) < 4.78 is 30.3. The van der Waals surface area contributed by atoms with E-state index in [9.17, 15) is 18.0 Å². The zero-order valence-electron chi connectivity index (χ0n) is 22.4. The topological polar surface area (TPSA) is 105 Å². The SMILES string of the molecule is CC(C)c1ccc(N2C(=NC(=O)[C@H](Cc3ccccc3)NC(=O)OC(C)(C)C)S[C@H]3CS(=O)(=O)C[C@H]32)cc1. The third-order valence-electron chi connectivity index (χ3n) is 6.38. The number of aliphatic imine (C=N–C) groups is 1. The van der Waals surface area contributed by atoms with Gasteiger partial charge in [0.1, 0.15) is 11.6 Å². The molecule has 2 saturated heterocycles. The summed E-state index contributed by atoms with van der Waals surface area (Å²) in [6.07, 6.45) is -0.458. The average Bonchev–Trinajstić information content (AvgIpc) is 3.28. The first-order valence-corrected chi connectivity index (χ1v) is 15.4. The number of carbonyl (C=O) groups excluding carboxylic acids is 2. The zero-order chi connectivity index (χ0) is 27.7. The fourth-order valence-corrected chi connectivity index (χ4v) is 8.48. The first-order valence-electron chi connectivity index (χ1n) is 12.7. The minimum Gasteiger partial charge on any atom is -0.444 e. The lowest BCUT2D eigenvalue weighted by atomic mass is 10.0. The molecule has 0 bridgehead atoms. The Labute approximate surface area is 229 Å². The van der Waals surface area contributed by atoms with Gasteiger partial charge >= 0.3 is 6.09 Å². The van der Waals surface area contributed by atoms with Gasteiger partial charge in [0.15, 0.2) is 15.0 Å². The van der Waals surface area contributed by atoms with Gasteiger partial charge in [0.25, 0.3) is 5.91 Å². The summed E-state index contributed by atoms with van der Waals surface area (Å²) in [4.78, 5) is 32.5. The molecule has 2 aromatic carbocycles. The molecule has 8 nitrogen and oxygen atoms in total. The normalized spacial score (nSPS) is 22.4. The number of carbonyl (C=O) groups is 2. The molecular weight excluding hydrogens is 522 g/mol. The number of nitrogens with zero attached hydrogens (tertiary/aromatic N) is 2. The van der Waals surface area contributed by atoms with Crippen molar-refractivity contribution in [3.05, 3.63) is 65.7 Å². The van der Waals surface area contributed by atoms with Crippen molar-refractivity contribution in [2.75, 3.05) is 16.4 Å². The van der Waals surface area contributed by atoms with Crippen LogP contribution in [-0.4, -0.2) is 60.0 Å². The van der Waals surface area contributed by atoms with Crippen molar-refractivity contribution >= 4 is 44.5 Å².